The molecule has 1 amide bonds. The van der Waals surface area contributed by atoms with Crippen molar-refractivity contribution in [3.8, 4) is 28.7 Å². The molecule has 1 N–H and O–H groups in total. The van der Waals surface area contributed by atoms with E-state index < -0.39 is 23.5 Å². The average Bonchev–Trinajstić information content (AvgIpc) is 3.21. The summed E-state index contributed by atoms with van der Waals surface area (Å²) in [6.45, 7) is 0.0457. The molecule has 0 aliphatic carbocycles. The van der Waals surface area contributed by atoms with Gasteiger partial charge in [0.2, 0.25) is 0 Å². The molecule has 1 aliphatic heterocycles. The van der Waals surface area contributed by atoms with Crippen LogP contribution >= 0.6 is 11.6 Å². The van der Waals surface area contributed by atoms with Gasteiger partial charge in [0.05, 0.1) is 57.8 Å². The van der Waals surface area contributed by atoms with Gasteiger partial charge in [-0.2, -0.15) is 0 Å². The van der Waals surface area contributed by atoms with Gasteiger partial charge >= 0.3 is 0 Å². The van der Waals surface area contributed by atoms with Crippen molar-refractivity contribution in [2.75, 3.05) is 35.5 Å². The Balaban J connectivity index is 1.91. The van der Waals surface area contributed by atoms with Gasteiger partial charge in [0.25, 0.3) is 11.7 Å². The normalized spacial score (nSPS) is 16.3. The standard InChI is InChI=1S/C29H28ClNO8/c1-35-18-8-6-7-17(12-18)26-25(27(32)19-13-20(30)23(38-4)14-22(19)37-3)28(33)29(34)31(26)15-16-9-10-21(36-2)24(11-16)39-5/h6-14,26,32H,15H2,1-5H3/b27-25+. The second-order valence-corrected chi connectivity index (χ2v) is 8.99. The van der Waals surface area contributed by atoms with Crippen LogP contribution in [0.4, 0.5) is 0 Å². The second-order valence-electron chi connectivity index (χ2n) is 8.58. The fourth-order valence-electron chi connectivity index (χ4n) is 4.57. The average molecular weight is 554 g/mol. The molecule has 1 heterocycles. The SMILES string of the molecule is COc1cccc(C2/C(=C(\O)c3cc(Cl)c(OC)cc3OC)C(=O)C(=O)N2Cc2ccc(OC)c(OC)c2)c1. The van der Waals surface area contributed by atoms with Crippen molar-refractivity contribution in [1.82, 2.24) is 4.90 Å². The third kappa shape index (κ3) is 5.18. The molecule has 1 atom stereocenters. The van der Waals surface area contributed by atoms with Crippen LogP contribution in [0.1, 0.15) is 22.7 Å². The molecule has 1 unspecified atom stereocenters. The zero-order valence-corrected chi connectivity index (χ0v) is 22.9. The first-order valence-corrected chi connectivity index (χ1v) is 12.2. The number of methoxy groups -OCH3 is 5. The Bertz CT molecular complexity index is 1450. The Morgan fingerprint density at radius 2 is 1.51 bits per heavy atom. The topological polar surface area (TPSA) is 104 Å². The van der Waals surface area contributed by atoms with Crippen molar-refractivity contribution < 1.29 is 38.4 Å². The van der Waals surface area contributed by atoms with E-state index in [0.717, 1.165) is 0 Å². The maximum Gasteiger partial charge on any atom is 0.295 e. The second kappa shape index (κ2) is 11.6. The van der Waals surface area contributed by atoms with Crippen LogP contribution in [0, 0.1) is 0 Å². The van der Waals surface area contributed by atoms with Crippen molar-refractivity contribution in [3.63, 3.8) is 0 Å². The minimum absolute atomic E-state index is 0.0457. The van der Waals surface area contributed by atoms with E-state index >= 15 is 0 Å². The van der Waals surface area contributed by atoms with Crippen LogP contribution in [0.3, 0.4) is 0 Å². The third-order valence-electron chi connectivity index (χ3n) is 6.48. The number of hydrogen-bond donors (Lipinski definition) is 1. The van der Waals surface area contributed by atoms with Crippen molar-refractivity contribution in [1.29, 1.82) is 0 Å². The van der Waals surface area contributed by atoms with Gasteiger partial charge in [-0.3, -0.25) is 9.59 Å². The van der Waals surface area contributed by atoms with Crippen LogP contribution in [0.5, 0.6) is 28.7 Å². The number of ether oxygens (including phenoxy) is 5. The number of aliphatic hydroxyl groups excluding tert-OH is 1. The maximum atomic E-state index is 13.5. The van der Waals surface area contributed by atoms with E-state index in [1.807, 2.05) is 0 Å². The van der Waals surface area contributed by atoms with Crippen LogP contribution < -0.4 is 23.7 Å². The largest absolute Gasteiger partial charge is 0.507 e. The molecule has 10 heteroatoms. The van der Waals surface area contributed by atoms with Crippen molar-refractivity contribution in [2.45, 2.75) is 12.6 Å². The van der Waals surface area contributed by atoms with Gasteiger partial charge in [0.15, 0.2) is 11.5 Å². The fourth-order valence-corrected chi connectivity index (χ4v) is 4.81. The zero-order chi connectivity index (χ0) is 28.3. The Morgan fingerprint density at radius 1 is 0.821 bits per heavy atom. The number of rotatable bonds is 9. The molecule has 204 valence electrons. The van der Waals surface area contributed by atoms with Crippen molar-refractivity contribution >= 4 is 29.1 Å². The molecule has 9 nitrogen and oxygen atoms in total. The highest BCUT2D eigenvalue weighted by atomic mass is 35.5. The summed E-state index contributed by atoms with van der Waals surface area (Å²) in [5, 5.41) is 11.7. The van der Waals surface area contributed by atoms with E-state index in [0.29, 0.717) is 34.1 Å². The quantitative estimate of drug-likeness (QED) is 0.224. The molecule has 1 aliphatic rings. The lowest BCUT2D eigenvalue weighted by Crippen LogP contribution is -2.29. The third-order valence-corrected chi connectivity index (χ3v) is 6.77. The number of carbonyl (C=O) groups excluding carboxylic acids is 2. The van der Waals surface area contributed by atoms with E-state index in [1.54, 1.807) is 42.5 Å². The fraction of sp³-hybridized carbons (Fsp3) is 0.241. The van der Waals surface area contributed by atoms with Gasteiger partial charge in [-0.1, -0.05) is 29.8 Å². The number of Topliss-reactive ketones (excluding diaryl/α,β-unsaturated/α-hetero) is 1. The van der Waals surface area contributed by atoms with E-state index in [9.17, 15) is 14.7 Å². The lowest BCUT2D eigenvalue weighted by Gasteiger charge is -2.26. The number of amides is 1. The summed E-state index contributed by atoms with van der Waals surface area (Å²) in [5.41, 5.74) is 1.27. The maximum absolute atomic E-state index is 13.5. The minimum Gasteiger partial charge on any atom is -0.507 e. The van der Waals surface area contributed by atoms with Gasteiger partial charge in [-0.05, 0) is 41.5 Å². The molecule has 0 aromatic heterocycles. The molecular formula is C29H28ClNO8. The Labute approximate surface area is 231 Å². The number of ketones is 1. The summed E-state index contributed by atoms with van der Waals surface area (Å²) >= 11 is 6.34. The van der Waals surface area contributed by atoms with Gasteiger partial charge in [-0.15, -0.1) is 0 Å². The number of likely N-dealkylation sites (tertiary alicyclic amines) is 1. The predicted molar refractivity (Wildman–Crippen MR) is 145 cm³/mol. The van der Waals surface area contributed by atoms with E-state index in [2.05, 4.69) is 0 Å². The number of carbonyl (C=O) groups is 2. The molecule has 39 heavy (non-hydrogen) atoms. The number of halogens is 1. The van der Waals surface area contributed by atoms with Crippen molar-refractivity contribution in [3.05, 3.63) is 81.9 Å². The zero-order valence-electron chi connectivity index (χ0n) is 22.1. The van der Waals surface area contributed by atoms with Crippen molar-refractivity contribution in [2.24, 2.45) is 0 Å². The van der Waals surface area contributed by atoms with E-state index in [1.165, 1.54) is 52.6 Å². The highest BCUT2D eigenvalue weighted by Crippen LogP contribution is 2.44. The smallest absolute Gasteiger partial charge is 0.295 e. The van der Waals surface area contributed by atoms with Gasteiger partial charge in [0.1, 0.15) is 23.0 Å². The first-order chi connectivity index (χ1) is 18.8. The molecule has 0 radical (unpaired) electrons. The summed E-state index contributed by atoms with van der Waals surface area (Å²) in [7, 11) is 7.41. The lowest BCUT2D eigenvalue weighted by atomic mass is 9.94. The molecule has 0 saturated carbocycles. The number of hydrogen-bond acceptors (Lipinski definition) is 8. The Kier molecular flexibility index (Phi) is 8.21. The van der Waals surface area contributed by atoms with Crippen LogP contribution in [0.25, 0.3) is 5.76 Å². The Hall–Kier alpha value is -4.37. The van der Waals surface area contributed by atoms with Crippen LogP contribution in [0.15, 0.2) is 60.2 Å². The van der Waals surface area contributed by atoms with E-state index in [-0.39, 0.29) is 28.5 Å². The predicted octanol–water partition coefficient (Wildman–Crippen LogP) is 5.00. The molecule has 0 bridgehead atoms. The Morgan fingerprint density at radius 3 is 2.15 bits per heavy atom. The van der Waals surface area contributed by atoms with Crippen LogP contribution in [0.2, 0.25) is 5.02 Å². The highest BCUT2D eigenvalue weighted by Gasteiger charge is 2.46. The summed E-state index contributed by atoms with van der Waals surface area (Å²) in [5.74, 6) is -0.00927. The number of benzene rings is 3. The van der Waals surface area contributed by atoms with Crippen LogP contribution in [-0.4, -0.2) is 57.2 Å². The monoisotopic (exact) mass is 553 g/mol. The molecular weight excluding hydrogens is 526 g/mol. The molecule has 1 fully saturated rings. The lowest BCUT2D eigenvalue weighted by molar-refractivity contribution is -0.140. The summed E-state index contributed by atoms with van der Waals surface area (Å²) in [4.78, 5) is 28.4. The summed E-state index contributed by atoms with van der Waals surface area (Å²) < 4.78 is 26.8. The molecule has 3 aromatic rings. The molecule has 3 aromatic carbocycles. The van der Waals surface area contributed by atoms with E-state index in [4.69, 9.17) is 35.3 Å². The van der Waals surface area contributed by atoms with Gasteiger partial charge in [-0.25, -0.2) is 0 Å². The summed E-state index contributed by atoms with van der Waals surface area (Å²) in [6, 6.07) is 14.2. The van der Waals surface area contributed by atoms with Gasteiger partial charge in [0, 0.05) is 12.6 Å². The molecule has 0 spiro atoms. The highest BCUT2D eigenvalue weighted by molar-refractivity contribution is 6.46. The molecule has 1 saturated heterocycles. The summed E-state index contributed by atoms with van der Waals surface area (Å²) in [6.07, 6.45) is 0. The number of nitrogens with zero attached hydrogens (tertiary/aromatic N) is 1. The molecule has 4 rings (SSSR count). The van der Waals surface area contributed by atoms with Crippen LogP contribution in [-0.2, 0) is 16.1 Å². The first-order valence-electron chi connectivity index (χ1n) is 11.8. The van der Waals surface area contributed by atoms with Gasteiger partial charge < -0.3 is 33.7 Å². The number of aliphatic hydroxyl groups is 1. The minimum atomic E-state index is -0.946. The first kappa shape index (κ1) is 27.7.